The first-order valence-electron chi connectivity index (χ1n) is 5.97. The van der Waals surface area contributed by atoms with Gasteiger partial charge in [0.2, 0.25) is 0 Å². The van der Waals surface area contributed by atoms with Crippen LogP contribution in [0, 0.1) is 5.41 Å². The second-order valence-electron chi connectivity index (χ2n) is 4.59. The Morgan fingerprint density at radius 3 is 1.40 bits per heavy atom. The summed E-state index contributed by atoms with van der Waals surface area (Å²) in [7, 11) is 0. The zero-order chi connectivity index (χ0) is 15.1. The van der Waals surface area contributed by atoms with Crippen LogP contribution >= 0.6 is 0 Å². The molecule has 1 rings (SSSR count). The Bertz CT molecular complexity index is 285. The Morgan fingerprint density at radius 1 is 1.00 bits per heavy atom. The summed E-state index contributed by atoms with van der Waals surface area (Å²) in [5.41, 5.74) is 8.61. The van der Waals surface area contributed by atoms with Gasteiger partial charge >= 0.3 is 21.1 Å². The molecule has 1 fully saturated rings. The molecule has 1 aliphatic carbocycles. The van der Waals surface area contributed by atoms with E-state index in [1.54, 1.807) is 0 Å². The Kier molecular flexibility index (Phi) is 11.1. The zero-order valence-corrected chi connectivity index (χ0v) is 13.2. The Hall–Kier alpha value is -0.532. The number of aliphatic hydroxyl groups excluding tert-OH is 2. The van der Waals surface area contributed by atoms with Crippen molar-refractivity contribution in [2.24, 2.45) is 16.9 Å². The molecule has 0 radical (unpaired) electrons. The fourth-order valence-corrected chi connectivity index (χ4v) is 1.58. The summed E-state index contributed by atoms with van der Waals surface area (Å²) in [5, 5.41) is 36.8. The molecule has 6 N–H and O–H groups in total. The summed E-state index contributed by atoms with van der Waals surface area (Å²) >= 11 is 0. The average Bonchev–Trinajstić information content (AvgIpc) is 2.35. The average molecular weight is 471 g/mol. The molecule has 9 heteroatoms. The molecule has 0 aliphatic heterocycles. The molecule has 0 unspecified atom stereocenters. The summed E-state index contributed by atoms with van der Waals surface area (Å²) < 4.78 is 0. The van der Waals surface area contributed by atoms with E-state index in [1.165, 1.54) is 12.8 Å². The predicted molar refractivity (Wildman–Crippen MR) is 61.0 cm³/mol. The van der Waals surface area contributed by atoms with Gasteiger partial charge in [0.15, 0.2) is 0 Å². The SMILES string of the molecule is N[C@@H]1CCCC[C@H]1N.O=C([O-])C(CO)(CO)C(=O)[O-].[Pt+2]. The van der Waals surface area contributed by atoms with Gasteiger partial charge in [-0.2, -0.15) is 0 Å². The largest absolute Gasteiger partial charge is 2.00 e. The van der Waals surface area contributed by atoms with E-state index in [0.717, 1.165) is 12.8 Å². The van der Waals surface area contributed by atoms with Crippen molar-refractivity contribution in [2.45, 2.75) is 37.8 Å². The van der Waals surface area contributed by atoms with E-state index in [0.29, 0.717) is 0 Å². The van der Waals surface area contributed by atoms with E-state index < -0.39 is 30.6 Å². The molecule has 0 amide bonds. The van der Waals surface area contributed by atoms with Crippen LogP contribution in [0.5, 0.6) is 0 Å². The van der Waals surface area contributed by atoms with Gasteiger partial charge in [-0.3, -0.25) is 0 Å². The Labute approximate surface area is 131 Å². The van der Waals surface area contributed by atoms with Crippen molar-refractivity contribution in [1.82, 2.24) is 0 Å². The number of carbonyl (C=O) groups excluding carboxylic acids is 2. The summed E-state index contributed by atoms with van der Waals surface area (Å²) in [6.07, 6.45) is 4.80. The first kappa shape index (κ1) is 21.8. The van der Waals surface area contributed by atoms with Gasteiger partial charge in [0, 0.05) is 12.1 Å². The number of aliphatic hydroxyl groups is 2. The molecule has 0 aromatic heterocycles. The van der Waals surface area contributed by atoms with Crippen LogP contribution in [0.15, 0.2) is 0 Å². The monoisotopic (exact) mass is 471 g/mol. The molecular formula is C11H20N2O6Pt. The molecular weight excluding hydrogens is 451 g/mol. The summed E-state index contributed by atoms with van der Waals surface area (Å²) in [5.74, 6) is -4.13. The Balaban J connectivity index is 0. The molecule has 0 aromatic carbocycles. The molecule has 1 saturated carbocycles. The van der Waals surface area contributed by atoms with Gasteiger partial charge in [-0.05, 0) is 12.8 Å². The number of carboxylic acids is 2. The number of hydrogen-bond acceptors (Lipinski definition) is 8. The maximum Gasteiger partial charge on any atom is 2.00 e. The van der Waals surface area contributed by atoms with Gasteiger partial charge < -0.3 is 41.5 Å². The van der Waals surface area contributed by atoms with Crippen LogP contribution in [0.2, 0.25) is 0 Å². The summed E-state index contributed by atoms with van der Waals surface area (Å²) in [4.78, 5) is 20.1. The van der Waals surface area contributed by atoms with Crippen molar-refractivity contribution in [2.75, 3.05) is 13.2 Å². The maximum absolute atomic E-state index is 10.1. The topological polar surface area (TPSA) is 173 Å². The van der Waals surface area contributed by atoms with Crippen molar-refractivity contribution < 1.29 is 51.1 Å². The molecule has 0 spiro atoms. The number of hydrogen-bond donors (Lipinski definition) is 4. The smallest absolute Gasteiger partial charge is 0.549 e. The second kappa shape index (κ2) is 10.2. The van der Waals surface area contributed by atoms with Crippen LogP contribution < -0.4 is 21.7 Å². The molecule has 0 bridgehead atoms. The van der Waals surface area contributed by atoms with E-state index >= 15 is 0 Å². The maximum atomic E-state index is 10.1. The summed E-state index contributed by atoms with van der Waals surface area (Å²) in [6.45, 7) is -2.51. The van der Waals surface area contributed by atoms with E-state index in [4.69, 9.17) is 21.7 Å². The zero-order valence-electron chi connectivity index (χ0n) is 10.9. The first-order valence-corrected chi connectivity index (χ1v) is 5.97. The van der Waals surface area contributed by atoms with Gasteiger partial charge in [-0.1, -0.05) is 12.8 Å². The number of aliphatic carboxylic acids is 2. The quantitative estimate of drug-likeness (QED) is 0.298. The van der Waals surface area contributed by atoms with Crippen LogP contribution in [-0.2, 0) is 30.7 Å². The van der Waals surface area contributed by atoms with Crippen molar-refractivity contribution in [1.29, 1.82) is 0 Å². The molecule has 0 saturated heterocycles. The number of rotatable bonds is 4. The Morgan fingerprint density at radius 2 is 1.30 bits per heavy atom. The molecule has 0 aromatic rings. The minimum atomic E-state index is -2.69. The van der Waals surface area contributed by atoms with E-state index in [9.17, 15) is 19.8 Å². The van der Waals surface area contributed by atoms with Crippen molar-refractivity contribution >= 4 is 11.9 Å². The van der Waals surface area contributed by atoms with Crippen LogP contribution in [-0.4, -0.2) is 47.4 Å². The number of carbonyl (C=O) groups is 2. The third kappa shape index (κ3) is 5.85. The van der Waals surface area contributed by atoms with E-state index in [2.05, 4.69) is 0 Å². The first-order chi connectivity index (χ1) is 8.81. The van der Waals surface area contributed by atoms with Crippen molar-refractivity contribution in [3.63, 3.8) is 0 Å². The third-order valence-corrected chi connectivity index (χ3v) is 3.20. The van der Waals surface area contributed by atoms with Crippen LogP contribution in [0.3, 0.4) is 0 Å². The van der Waals surface area contributed by atoms with E-state index in [1.807, 2.05) is 0 Å². The summed E-state index contributed by atoms with van der Waals surface area (Å²) in [6, 6.07) is 0.562. The fraction of sp³-hybridized carbons (Fsp3) is 0.818. The third-order valence-electron chi connectivity index (χ3n) is 3.20. The predicted octanol–water partition coefficient (Wildman–Crippen LogP) is -4.33. The van der Waals surface area contributed by atoms with Crippen molar-refractivity contribution in [3.05, 3.63) is 0 Å². The molecule has 120 valence electrons. The van der Waals surface area contributed by atoms with E-state index in [-0.39, 0.29) is 33.1 Å². The number of nitrogens with two attached hydrogens (primary N) is 2. The normalized spacial score (nSPS) is 22.0. The molecule has 20 heavy (non-hydrogen) atoms. The van der Waals surface area contributed by atoms with Gasteiger partial charge in [0.25, 0.3) is 0 Å². The minimum Gasteiger partial charge on any atom is -0.549 e. The van der Waals surface area contributed by atoms with Gasteiger partial charge in [-0.15, -0.1) is 0 Å². The minimum absolute atomic E-state index is 0. The van der Waals surface area contributed by atoms with Gasteiger partial charge in [-0.25, -0.2) is 0 Å². The second-order valence-corrected chi connectivity index (χ2v) is 4.59. The van der Waals surface area contributed by atoms with Crippen LogP contribution in [0.1, 0.15) is 25.7 Å². The number of carboxylic acid groups (broad SMARTS) is 2. The van der Waals surface area contributed by atoms with Gasteiger partial charge in [0.1, 0.15) is 0 Å². The molecule has 0 heterocycles. The van der Waals surface area contributed by atoms with Gasteiger partial charge in [0.05, 0.1) is 30.6 Å². The molecule has 8 nitrogen and oxygen atoms in total. The van der Waals surface area contributed by atoms with Crippen LogP contribution in [0.4, 0.5) is 0 Å². The van der Waals surface area contributed by atoms with Crippen LogP contribution in [0.25, 0.3) is 0 Å². The standard InChI is InChI=1S/C6H14N2.C5H8O6.Pt/c7-5-3-1-2-4-6(5)8;6-1-5(2-7,3(8)9)4(10)11;/h5-6H,1-4,7-8H2;6-7H,1-2H2,(H,8,9)(H,10,11);/q;;+2/p-2/t5-,6-;;/m1../s1. The van der Waals surface area contributed by atoms with Crippen molar-refractivity contribution in [3.8, 4) is 0 Å². The fourth-order valence-electron chi connectivity index (χ4n) is 1.58. The molecule has 2 atom stereocenters. The molecule has 1 aliphatic rings.